The molecule has 1 aromatic carbocycles. The molecule has 0 bridgehead atoms. The number of amides is 1. The van der Waals surface area contributed by atoms with E-state index in [0.717, 1.165) is 0 Å². The molecule has 1 unspecified atom stereocenters. The molecular weight excluding hydrogens is 284 g/mol. The fraction of sp³-hybridized carbons (Fsp3) is 0.312. The van der Waals surface area contributed by atoms with Crippen LogP contribution in [-0.4, -0.2) is 39.5 Å². The number of aliphatic carboxylic acids is 1. The molecule has 2 rings (SSSR count). The van der Waals surface area contributed by atoms with Crippen LogP contribution in [0.15, 0.2) is 35.1 Å². The fourth-order valence-corrected chi connectivity index (χ4v) is 2.33. The van der Waals surface area contributed by atoms with Crippen molar-refractivity contribution in [3.8, 4) is 0 Å². The van der Waals surface area contributed by atoms with E-state index in [-0.39, 0.29) is 17.2 Å². The summed E-state index contributed by atoms with van der Waals surface area (Å²) in [6.07, 6.45) is 0.625. The van der Waals surface area contributed by atoms with Crippen molar-refractivity contribution in [3.05, 3.63) is 46.2 Å². The minimum atomic E-state index is -1.08. The van der Waals surface area contributed by atoms with Crippen molar-refractivity contribution in [1.29, 1.82) is 0 Å². The van der Waals surface area contributed by atoms with Gasteiger partial charge in [-0.1, -0.05) is 25.1 Å². The van der Waals surface area contributed by atoms with Gasteiger partial charge in [0.05, 0.1) is 5.56 Å². The third-order valence-electron chi connectivity index (χ3n) is 3.67. The average Bonchev–Trinajstić information content (AvgIpc) is 2.50. The molecule has 116 valence electrons. The Morgan fingerprint density at radius 1 is 1.32 bits per heavy atom. The summed E-state index contributed by atoms with van der Waals surface area (Å²) < 4.78 is 0. The van der Waals surface area contributed by atoms with Crippen LogP contribution in [0.1, 0.15) is 30.6 Å². The molecule has 0 aliphatic carbocycles. The van der Waals surface area contributed by atoms with Gasteiger partial charge in [0.1, 0.15) is 6.54 Å². The molecule has 1 amide bonds. The molecule has 22 heavy (non-hydrogen) atoms. The number of carbonyl (C=O) groups excluding carboxylic acids is 1. The highest BCUT2D eigenvalue weighted by molar-refractivity contribution is 6.06. The highest BCUT2D eigenvalue weighted by Gasteiger charge is 2.24. The zero-order valence-corrected chi connectivity index (χ0v) is 12.5. The second-order valence-corrected chi connectivity index (χ2v) is 5.18. The van der Waals surface area contributed by atoms with Gasteiger partial charge in [0, 0.05) is 23.0 Å². The summed E-state index contributed by atoms with van der Waals surface area (Å²) in [5.74, 6) is -1.53. The molecule has 0 spiro atoms. The molecular formula is C16H18N2O4. The molecule has 0 radical (unpaired) electrons. The number of pyridine rings is 1. The standard InChI is InChI=1S/C16H18N2O4/c1-3-10(2)18(9-15(20)21)16(22)12-8-14(19)17-13-7-5-4-6-11(12)13/h4-8,10H,3,9H2,1-2H3,(H,17,19)(H,20,21). The number of carboxylic acids is 1. The molecule has 1 aromatic heterocycles. The van der Waals surface area contributed by atoms with Crippen molar-refractivity contribution in [1.82, 2.24) is 9.88 Å². The molecule has 6 nitrogen and oxygen atoms in total. The number of benzene rings is 1. The number of para-hydroxylation sites is 1. The van der Waals surface area contributed by atoms with Crippen LogP contribution < -0.4 is 5.56 Å². The molecule has 0 aliphatic rings. The Labute approximate surface area is 127 Å². The zero-order valence-electron chi connectivity index (χ0n) is 12.5. The molecule has 0 saturated heterocycles. The van der Waals surface area contributed by atoms with Crippen LogP contribution in [0.4, 0.5) is 0 Å². The van der Waals surface area contributed by atoms with Gasteiger partial charge in [-0.15, -0.1) is 0 Å². The van der Waals surface area contributed by atoms with Crippen LogP contribution in [0.5, 0.6) is 0 Å². The Morgan fingerprint density at radius 2 is 2.00 bits per heavy atom. The topological polar surface area (TPSA) is 90.5 Å². The summed E-state index contributed by atoms with van der Waals surface area (Å²) in [6, 6.07) is 7.95. The van der Waals surface area contributed by atoms with Crippen LogP contribution in [0.2, 0.25) is 0 Å². The highest BCUT2D eigenvalue weighted by atomic mass is 16.4. The van der Waals surface area contributed by atoms with Crippen molar-refractivity contribution in [3.63, 3.8) is 0 Å². The first kappa shape index (κ1) is 15.8. The number of aromatic amines is 1. The largest absolute Gasteiger partial charge is 0.480 e. The molecule has 2 aromatic rings. The monoisotopic (exact) mass is 302 g/mol. The van der Waals surface area contributed by atoms with Crippen molar-refractivity contribution < 1.29 is 14.7 Å². The number of carbonyl (C=O) groups is 2. The Morgan fingerprint density at radius 3 is 2.64 bits per heavy atom. The Bertz CT molecular complexity index is 766. The summed E-state index contributed by atoms with van der Waals surface area (Å²) in [5, 5.41) is 9.63. The van der Waals surface area contributed by atoms with Crippen molar-refractivity contribution >= 4 is 22.8 Å². The second kappa shape index (κ2) is 6.43. The van der Waals surface area contributed by atoms with Gasteiger partial charge in [0.15, 0.2) is 0 Å². The summed E-state index contributed by atoms with van der Waals surface area (Å²) >= 11 is 0. The molecule has 1 atom stereocenters. The van der Waals surface area contributed by atoms with E-state index in [4.69, 9.17) is 5.11 Å². The van der Waals surface area contributed by atoms with Gasteiger partial charge < -0.3 is 15.0 Å². The number of aromatic nitrogens is 1. The molecule has 0 fully saturated rings. The summed E-state index contributed by atoms with van der Waals surface area (Å²) in [4.78, 5) is 39.5. The van der Waals surface area contributed by atoms with Gasteiger partial charge in [-0.3, -0.25) is 14.4 Å². The fourth-order valence-electron chi connectivity index (χ4n) is 2.33. The Balaban J connectivity index is 2.55. The highest BCUT2D eigenvalue weighted by Crippen LogP contribution is 2.18. The number of nitrogens with one attached hydrogen (secondary N) is 1. The van der Waals surface area contributed by atoms with Gasteiger partial charge in [-0.05, 0) is 19.4 Å². The first-order chi connectivity index (χ1) is 10.4. The smallest absolute Gasteiger partial charge is 0.323 e. The summed E-state index contributed by atoms with van der Waals surface area (Å²) in [7, 11) is 0. The zero-order chi connectivity index (χ0) is 16.3. The van der Waals surface area contributed by atoms with Gasteiger partial charge in [-0.2, -0.15) is 0 Å². The number of hydrogen-bond donors (Lipinski definition) is 2. The van der Waals surface area contributed by atoms with Crippen molar-refractivity contribution in [2.75, 3.05) is 6.54 Å². The van der Waals surface area contributed by atoms with E-state index in [0.29, 0.717) is 17.3 Å². The maximum absolute atomic E-state index is 12.8. The lowest BCUT2D eigenvalue weighted by Crippen LogP contribution is -2.42. The van der Waals surface area contributed by atoms with E-state index < -0.39 is 18.4 Å². The second-order valence-electron chi connectivity index (χ2n) is 5.18. The summed E-state index contributed by atoms with van der Waals surface area (Å²) in [6.45, 7) is 3.27. The van der Waals surface area contributed by atoms with Gasteiger partial charge in [0.2, 0.25) is 5.56 Å². The SMILES string of the molecule is CCC(C)N(CC(=O)O)C(=O)c1cc(=O)[nH]c2ccccc12. The lowest BCUT2D eigenvalue weighted by molar-refractivity contribution is -0.138. The maximum atomic E-state index is 12.8. The molecule has 0 aliphatic heterocycles. The minimum Gasteiger partial charge on any atom is -0.480 e. The average molecular weight is 302 g/mol. The Hall–Kier alpha value is -2.63. The number of nitrogens with zero attached hydrogens (tertiary/aromatic N) is 1. The number of H-pyrrole nitrogens is 1. The first-order valence-electron chi connectivity index (χ1n) is 7.08. The van der Waals surface area contributed by atoms with Gasteiger partial charge in [0.25, 0.3) is 5.91 Å². The number of rotatable bonds is 5. The van der Waals surface area contributed by atoms with E-state index in [1.54, 1.807) is 31.2 Å². The van der Waals surface area contributed by atoms with Crippen LogP contribution in [0.25, 0.3) is 10.9 Å². The number of carboxylic acid groups (broad SMARTS) is 1. The van der Waals surface area contributed by atoms with Crippen LogP contribution in [0.3, 0.4) is 0 Å². The van der Waals surface area contributed by atoms with Crippen LogP contribution >= 0.6 is 0 Å². The maximum Gasteiger partial charge on any atom is 0.323 e. The molecule has 1 heterocycles. The van der Waals surface area contributed by atoms with E-state index in [2.05, 4.69) is 4.98 Å². The predicted molar refractivity (Wildman–Crippen MR) is 83.0 cm³/mol. The van der Waals surface area contributed by atoms with Crippen molar-refractivity contribution in [2.24, 2.45) is 0 Å². The number of fused-ring (bicyclic) bond motifs is 1. The van der Waals surface area contributed by atoms with Crippen LogP contribution in [0, 0.1) is 0 Å². The first-order valence-corrected chi connectivity index (χ1v) is 7.08. The summed E-state index contributed by atoms with van der Waals surface area (Å²) in [5.41, 5.74) is 0.389. The molecule has 2 N–H and O–H groups in total. The van der Waals surface area contributed by atoms with E-state index >= 15 is 0 Å². The predicted octanol–water partition coefficient (Wildman–Crippen LogP) is 1.85. The van der Waals surface area contributed by atoms with Gasteiger partial charge in [-0.25, -0.2) is 0 Å². The van der Waals surface area contributed by atoms with Crippen LogP contribution in [-0.2, 0) is 4.79 Å². The van der Waals surface area contributed by atoms with Gasteiger partial charge >= 0.3 is 5.97 Å². The Kier molecular flexibility index (Phi) is 4.60. The molecule has 6 heteroatoms. The lowest BCUT2D eigenvalue weighted by atomic mass is 10.1. The lowest BCUT2D eigenvalue weighted by Gasteiger charge is -2.27. The third kappa shape index (κ3) is 3.16. The molecule has 0 saturated carbocycles. The normalized spacial score (nSPS) is 12.1. The minimum absolute atomic E-state index is 0.223. The van der Waals surface area contributed by atoms with Crippen molar-refractivity contribution in [2.45, 2.75) is 26.3 Å². The van der Waals surface area contributed by atoms with E-state index in [1.165, 1.54) is 11.0 Å². The quantitative estimate of drug-likeness (QED) is 0.882. The number of hydrogen-bond acceptors (Lipinski definition) is 3. The van der Waals surface area contributed by atoms with E-state index in [1.807, 2.05) is 6.92 Å². The van der Waals surface area contributed by atoms with E-state index in [9.17, 15) is 14.4 Å². The third-order valence-corrected chi connectivity index (χ3v) is 3.67.